The van der Waals surface area contributed by atoms with Gasteiger partial charge < -0.3 is 34.4 Å². The van der Waals surface area contributed by atoms with Gasteiger partial charge in [-0.2, -0.15) is 0 Å². The normalized spacial score (nSPS) is 27.7. The lowest BCUT2D eigenvalue weighted by Gasteiger charge is -2.41. The summed E-state index contributed by atoms with van der Waals surface area (Å²) in [6.45, 7) is 15.3. The molecule has 0 saturated carbocycles. The summed E-state index contributed by atoms with van der Waals surface area (Å²) in [5, 5.41) is 13.6. The lowest BCUT2D eigenvalue weighted by atomic mass is 9.70. The van der Waals surface area contributed by atoms with E-state index in [1.54, 1.807) is 29.2 Å². The van der Waals surface area contributed by atoms with Gasteiger partial charge in [-0.15, -0.1) is 13.2 Å². The molecule has 0 aromatic heterocycles. The van der Waals surface area contributed by atoms with Crippen LogP contribution in [0.2, 0.25) is 0 Å². The summed E-state index contributed by atoms with van der Waals surface area (Å²) in [5.74, 6) is -3.90. The Morgan fingerprint density at radius 3 is 2.48 bits per heavy atom. The molecule has 3 aliphatic rings. The number of alkyl halides is 1. The Balaban J connectivity index is 1.77. The summed E-state index contributed by atoms with van der Waals surface area (Å²) in [5.41, 5.74) is -0.698. The smallest absolute Gasteiger partial charge is 0.313 e. The number of fused-ring (bicyclic) bond motifs is 1. The summed E-state index contributed by atoms with van der Waals surface area (Å²) in [4.78, 5) is 59.9. The number of aliphatic hydroxyl groups is 1. The first kappa shape index (κ1) is 39.7. The third-order valence-corrected chi connectivity index (χ3v) is 11.2. The van der Waals surface area contributed by atoms with Gasteiger partial charge in [0, 0.05) is 30.9 Å². The molecule has 0 aliphatic carbocycles. The first-order valence-corrected chi connectivity index (χ1v) is 18.6. The molecule has 0 radical (unpaired) electrons. The standard InChI is InChI=1S/C38H54BrN3O8/c1-8-11-18-29(44)40-27(22-48-7)32(25-16-13-12-14-17-25)49-37(47)30-31-35(45)42(28(21-43)23(4)5)34(38(31)20-26(39)33(30)50-38)36(46)41(19-10-3)24(6)15-9-2/h8,10,12-14,16-17,23-24,26-28,30-34,43H,1,3,9,11,15,18-22H2,2,4-7H3,(H,40,44)/t24?,26?,27-,28+,30+,31-,32-,33+,34+,38-/m1/s1. The van der Waals surface area contributed by atoms with E-state index in [4.69, 9.17) is 14.2 Å². The number of methoxy groups -OCH3 is 1. The zero-order valence-corrected chi connectivity index (χ0v) is 31.5. The molecular formula is C38H54BrN3O8. The molecule has 4 rings (SSSR count). The van der Waals surface area contributed by atoms with Crippen molar-refractivity contribution < 1.29 is 38.5 Å². The van der Waals surface area contributed by atoms with E-state index in [0.29, 0.717) is 18.4 Å². The van der Waals surface area contributed by atoms with Crippen LogP contribution in [-0.4, -0.2) is 106 Å². The number of amides is 3. The highest BCUT2D eigenvalue weighted by molar-refractivity contribution is 9.09. The van der Waals surface area contributed by atoms with Crippen molar-refractivity contribution in [3.8, 4) is 0 Å². The van der Waals surface area contributed by atoms with Gasteiger partial charge in [0.05, 0.1) is 43.2 Å². The lowest BCUT2D eigenvalue weighted by Crippen LogP contribution is -2.61. The number of nitrogens with zero attached hydrogens (tertiary/aromatic N) is 2. The maximum absolute atomic E-state index is 14.8. The van der Waals surface area contributed by atoms with Crippen LogP contribution in [0.3, 0.4) is 0 Å². The molecule has 2 unspecified atom stereocenters. The minimum atomic E-state index is -1.34. The minimum absolute atomic E-state index is 0.0522. The second-order valence-corrected chi connectivity index (χ2v) is 15.2. The van der Waals surface area contributed by atoms with E-state index < -0.39 is 59.6 Å². The average molecular weight is 761 g/mol. The summed E-state index contributed by atoms with van der Waals surface area (Å²) in [6.07, 6.45) is 4.22. The zero-order chi connectivity index (χ0) is 36.7. The van der Waals surface area contributed by atoms with Crippen molar-refractivity contribution >= 4 is 39.6 Å². The van der Waals surface area contributed by atoms with Gasteiger partial charge in [0.15, 0.2) is 0 Å². The highest BCUT2D eigenvalue weighted by atomic mass is 79.9. The zero-order valence-electron chi connectivity index (χ0n) is 30.0. The number of aliphatic hydroxyl groups excluding tert-OH is 1. The van der Waals surface area contributed by atoms with E-state index in [1.807, 2.05) is 45.9 Å². The first-order chi connectivity index (χ1) is 23.9. The van der Waals surface area contributed by atoms with Crippen LogP contribution < -0.4 is 5.32 Å². The monoisotopic (exact) mass is 759 g/mol. The number of allylic oxidation sites excluding steroid dienone is 1. The van der Waals surface area contributed by atoms with Crippen molar-refractivity contribution in [3.63, 3.8) is 0 Å². The molecule has 11 nitrogen and oxygen atoms in total. The third kappa shape index (κ3) is 7.73. The fourth-order valence-corrected chi connectivity index (χ4v) is 9.02. The molecule has 3 amide bonds. The quantitative estimate of drug-likeness (QED) is 0.121. The molecule has 1 aromatic carbocycles. The second-order valence-electron chi connectivity index (χ2n) is 14.0. The number of esters is 1. The second kappa shape index (κ2) is 17.4. The molecule has 2 bridgehead atoms. The van der Waals surface area contributed by atoms with Crippen molar-refractivity contribution in [1.82, 2.24) is 15.1 Å². The molecule has 3 saturated heterocycles. The van der Waals surface area contributed by atoms with E-state index in [2.05, 4.69) is 34.4 Å². The maximum Gasteiger partial charge on any atom is 0.313 e. The van der Waals surface area contributed by atoms with Crippen molar-refractivity contribution in [2.45, 2.75) is 107 Å². The van der Waals surface area contributed by atoms with Gasteiger partial charge in [-0.1, -0.05) is 85.6 Å². The van der Waals surface area contributed by atoms with E-state index in [-0.39, 0.29) is 54.8 Å². The van der Waals surface area contributed by atoms with Crippen LogP contribution in [-0.2, 0) is 33.4 Å². The Labute approximate surface area is 304 Å². The van der Waals surface area contributed by atoms with Crippen LogP contribution in [0.25, 0.3) is 0 Å². The number of ether oxygens (including phenoxy) is 3. The number of benzene rings is 1. The van der Waals surface area contributed by atoms with Gasteiger partial charge >= 0.3 is 5.97 Å². The first-order valence-electron chi connectivity index (χ1n) is 17.7. The van der Waals surface area contributed by atoms with Crippen LogP contribution in [0.1, 0.15) is 71.5 Å². The SMILES string of the molecule is C=CCCC(=O)N[C@H](COC)[C@H](OC(=O)[C@@H]1[C@H]2O[C@@]3(CC2Br)[C@H](C(=O)N(CC=C)C(C)CCC)N([C@@H](CO)C(C)C)C(=O)[C@@H]13)c1ccccc1. The molecule has 276 valence electrons. The fraction of sp³-hybridized carbons (Fsp3) is 0.632. The Morgan fingerprint density at radius 1 is 1.20 bits per heavy atom. The Hall–Kier alpha value is -3.06. The van der Waals surface area contributed by atoms with E-state index >= 15 is 0 Å². The van der Waals surface area contributed by atoms with Gasteiger partial charge in [0.25, 0.3) is 0 Å². The molecule has 10 atom stereocenters. The third-order valence-electron chi connectivity index (χ3n) is 10.4. The minimum Gasteiger partial charge on any atom is -0.455 e. The van der Waals surface area contributed by atoms with Gasteiger partial charge in [0.2, 0.25) is 17.7 Å². The van der Waals surface area contributed by atoms with Crippen LogP contribution in [0.4, 0.5) is 0 Å². The highest BCUT2D eigenvalue weighted by Crippen LogP contribution is 2.61. The molecule has 2 N–H and O–H groups in total. The van der Waals surface area contributed by atoms with Crippen LogP contribution in [0.5, 0.6) is 0 Å². The topological polar surface area (TPSA) is 135 Å². The summed E-state index contributed by atoms with van der Waals surface area (Å²) >= 11 is 3.74. The highest BCUT2D eigenvalue weighted by Gasteiger charge is 2.78. The number of carbonyl (C=O) groups excluding carboxylic acids is 4. The Bertz CT molecular complexity index is 1380. The summed E-state index contributed by atoms with van der Waals surface area (Å²) in [6, 6.07) is 6.43. The Kier molecular flexibility index (Phi) is 13.9. The van der Waals surface area contributed by atoms with E-state index in [9.17, 15) is 24.3 Å². The van der Waals surface area contributed by atoms with Gasteiger partial charge in [-0.3, -0.25) is 19.2 Å². The average Bonchev–Trinajstić information content (AvgIpc) is 3.68. The number of hydrogen-bond acceptors (Lipinski definition) is 8. The van der Waals surface area contributed by atoms with Crippen LogP contribution in [0.15, 0.2) is 55.6 Å². The summed E-state index contributed by atoms with van der Waals surface area (Å²) in [7, 11) is 1.50. The van der Waals surface area contributed by atoms with Gasteiger partial charge in [-0.25, -0.2) is 0 Å². The van der Waals surface area contributed by atoms with Crippen molar-refractivity contribution in [2.75, 3.05) is 26.9 Å². The molecule has 3 aliphatic heterocycles. The predicted octanol–water partition coefficient (Wildman–Crippen LogP) is 4.34. The van der Waals surface area contributed by atoms with Gasteiger partial charge in [-0.05, 0) is 37.7 Å². The maximum atomic E-state index is 14.8. The molecule has 1 aromatic rings. The largest absolute Gasteiger partial charge is 0.455 e. The molecule has 3 heterocycles. The fourth-order valence-electron chi connectivity index (χ4n) is 8.08. The number of nitrogens with one attached hydrogen (secondary N) is 1. The molecule has 50 heavy (non-hydrogen) atoms. The predicted molar refractivity (Wildman–Crippen MR) is 193 cm³/mol. The molecular weight excluding hydrogens is 706 g/mol. The van der Waals surface area contributed by atoms with Crippen molar-refractivity contribution in [3.05, 3.63) is 61.2 Å². The van der Waals surface area contributed by atoms with E-state index in [1.165, 1.54) is 12.0 Å². The Morgan fingerprint density at radius 2 is 1.90 bits per heavy atom. The number of halogens is 1. The van der Waals surface area contributed by atoms with Gasteiger partial charge in [0.1, 0.15) is 17.7 Å². The van der Waals surface area contributed by atoms with Crippen molar-refractivity contribution in [2.24, 2.45) is 17.8 Å². The van der Waals surface area contributed by atoms with Crippen LogP contribution in [0, 0.1) is 17.8 Å². The van der Waals surface area contributed by atoms with Crippen LogP contribution >= 0.6 is 15.9 Å². The molecule has 3 fully saturated rings. The number of rotatable bonds is 19. The number of hydrogen-bond donors (Lipinski definition) is 2. The molecule has 1 spiro atoms. The molecule has 12 heteroatoms. The lowest BCUT2D eigenvalue weighted by molar-refractivity contribution is -0.163. The summed E-state index contributed by atoms with van der Waals surface area (Å²) < 4.78 is 18.5. The number of carbonyl (C=O) groups is 4. The number of likely N-dealkylation sites (tertiary alicyclic amines) is 1. The van der Waals surface area contributed by atoms with Crippen molar-refractivity contribution in [1.29, 1.82) is 0 Å². The van der Waals surface area contributed by atoms with E-state index in [0.717, 1.165) is 12.8 Å².